The van der Waals surface area contributed by atoms with Gasteiger partial charge in [0.05, 0.1) is 4.60 Å². The first kappa shape index (κ1) is 47.5. The van der Waals surface area contributed by atoms with Gasteiger partial charge in [-0.2, -0.15) is 0 Å². The molecule has 1 saturated heterocycles. The number of likely N-dealkylation sites (N-methyl/N-ethyl adjacent to an activating group) is 1. The predicted octanol–water partition coefficient (Wildman–Crippen LogP) is 3.04. The van der Waals surface area contributed by atoms with Crippen LogP contribution in [0.2, 0.25) is 0 Å². The molecule has 6 atom stereocenters. The van der Waals surface area contributed by atoms with Crippen molar-refractivity contribution in [1.82, 2.24) is 41.8 Å². The molecule has 0 radical (unpaired) electrons. The number of aromatic amines is 1. The second-order valence-electron chi connectivity index (χ2n) is 16.4. The van der Waals surface area contributed by atoms with Crippen LogP contribution in [-0.4, -0.2) is 111 Å². The molecule has 1 fully saturated rings. The smallest absolute Gasteiger partial charge is 0.326 e. The lowest BCUT2D eigenvalue weighted by molar-refractivity contribution is -0.143. The van der Waals surface area contributed by atoms with E-state index in [-0.39, 0.29) is 62.2 Å². The molecule has 3 rings (SSSR count). The Kier molecular flexibility index (Phi) is 17.8. The van der Waals surface area contributed by atoms with Gasteiger partial charge >= 0.3 is 12.0 Å². The molecule has 2 heterocycles. The molecule has 0 bridgehead atoms. The van der Waals surface area contributed by atoms with E-state index in [0.717, 1.165) is 0 Å². The van der Waals surface area contributed by atoms with E-state index in [9.17, 15) is 43.8 Å². The summed E-state index contributed by atoms with van der Waals surface area (Å²) in [6, 6.07) is -2.89. The molecule has 1 aromatic carbocycles. The quantitative estimate of drug-likeness (QED) is 0.161. The number of urea groups is 1. The van der Waals surface area contributed by atoms with Crippen molar-refractivity contribution < 1.29 is 43.8 Å². The van der Waals surface area contributed by atoms with Crippen LogP contribution in [-0.2, 0) is 35.2 Å². The third kappa shape index (κ3) is 13.9. The van der Waals surface area contributed by atoms with Crippen molar-refractivity contribution in [3.63, 3.8) is 0 Å². The normalized spacial score (nSPS) is 22.7. The van der Waals surface area contributed by atoms with E-state index in [0.29, 0.717) is 33.9 Å². The van der Waals surface area contributed by atoms with Gasteiger partial charge in [-0.3, -0.25) is 24.0 Å². The number of phenols is 1. The van der Waals surface area contributed by atoms with Gasteiger partial charge in [-0.15, -0.1) is 0 Å². The van der Waals surface area contributed by atoms with Gasteiger partial charge in [0.2, 0.25) is 29.5 Å². The number of carboxylic acids is 1. The van der Waals surface area contributed by atoms with Crippen molar-refractivity contribution in [3.8, 4) is 5.75 Å². The molecule has 7 amide bonds. The number of rotatable bonds is 11. The number of nitrogens with zero attached hydrogens (tertiary/aromatic N) is 1. The Morgan fingerprint density at radius 1 is 0.879 bits per heavy atom. The number of benzene rings is 1. The number of aromatic nitrogens is 1. The molecule has 1 aliphatic heterocycles. The number of amides is 7. The summed E-state index contributed by atoms with van der Waals surface area (Å²) >= 11 is 3.53. The molecule has 58 heavy (non-hydrogen) atoms. The van der Waals surface area contributed by atoms with Crippen molar-refractivity contribution in [1.29, 1.82) is 0 Å². The van der Waals surface area contributed by atoms with E-state index in [1.807, 2.05) is 41.5 Å². The summed E-state index contributed by atoms with van der Waals surface area (Å²) in [5.41, 5.74) is 1.32. The summed E-state index contributed by atoms with van der Waals surface area (Å²) < 4.78 is 0.554. The van der Waals surface area contributed by atoms with Crippen LogP contribution in [0.4, 0.5) is 4.79 Å². The molecule has 0 saturated carbocycles. The van der Waals surface area contributed by atoms with Gasteiger partial charge in [-0.05, 0) is 103 Å². The minimum atomic E-state index is -1.23. The van der Waals surface area contributed by atoms with Crippen LogP contribution >= 0.6 is 15.9 Å². The first-order valence-corrected chi connectivity index (χ1v) is 20.7. The van der Waals surface area contributed by atoms with Crippen LogP contribution in [0, 0.1) is 17.8 Å². The number of nitrogens with one attached hydrogen (secondary N) is 7. The standard InChI is InChI=1S/C40H61BrN8O9/c1-20(2)15-30-38(55)49(8)32(17-22(5)6)37(54)45-29(19-26-25-18-24(50)12-13-27(25)44-33(26)41)35(52)42-14-10-9-11-28(36(53)43-23(7)34(51)46-30)47-40(58)48-31(39(56)57)16-21(3)4/h12-13,18,20-23,28-32,44,50H,9-11,14-17,19H2,1-8H3,(H,42,52)(H,43,53)(H,45,54)(H,46,51)(H,56,57)(H2,47,48,58)/t23-,28-,29-,30-,31-,32-/m0/s1. The van der Waals surface area contributed by atoms with Crippen molar-refractivity contribution in [2.24, 2.45) is 17.8 Å². The predicted molar refractivity (Wildman–Crippen MR) is 221 cm³/mol. The van der Waals surface area contributed by atoms with Crippen molar-refractivity contribution in [2.75, 3.05) is 13.6 Å². The Hall–Kier alpha value is -4.87. The fourth-order valence-corrected chi connectivity index (χ4v) is 7.46. The zero-order valence-electron chi connectivity index (χ0n) is 34.7. The molecule has 18 heteroatoms. The highest BCUT2D eigenvalue weighted by Crippen LogP contribution is 2.30. The summed E-state index contributed by atoms with van der Waals surface area (Å²) in [5.74, 6) is -4.37. The summed E-state index contributed by atoms with van der Waals surface area (Å²) in [7, 11) is 1.48. The van der Waals surface area contributed by atoms with Crippen molar-refractivity contribution >= 4 is 68.4 Å². The zero-order valence-corrected chi connectivity index (χ0v) is 36.2. The number of halogens is 1. The monoisotopic (exact) mass is 876 g/mol. The van der Waals surface area contributed by atoms with Crippen LogP contribution in [0.15, 0.2) is 22.8 Å². The zero-order chi connectivity index (χ0) is 43.4. The number of carbonyl (C=O) groups is 7. The van der Waals surface area contributed by atoms with Gasteiger partial charge in [-0.25, -0.2) is 9.59 Å². The first-order chi connectivity index (χ1) is 27.2. The number of carbonyl (C=O) groups excluding carboxylic acids is 6. The molecule has 0 spiro atoms. The third-order valence-corrected chi connectivity index (χ3v) is 10.6. The molecule has 9 N–H and O–H groups in total. The van der Waals surface area contributed by atoms with E-state index >= 15 is 0 Å². The Balaban J connectivity index is 2.01. The summed E-state index contributed by atoms with van der Waals surface area (Å²) in [6.45, 7) is 12.7. The molecule has 1 aliphatic rings. The highest BCUT2D eigenvalue weighted by Gasteiger charge is 2.36. The van der Waals surface area contributed by atoms with Gasteiger partial charge in [0, 0.05) is 30.9 Å². The van der Waals surface area contributed by atoms with Crippen LogP contribution in [0.1, 0.15) is 92.6 Å². The second-order valence-corrected chi connectivity index (χ2v) is 17.2. The molecular weight excluding hydrogens is 816 g/mol. The summed E-state index contributed by atoms with van der Waals surface area (Å²) in [4.78, 5) is 98.9. The minimum absolute atomic E-state index is 0.00696. The molecule has 17 nitrogen and oxygen atoms in total. The average Bonchev–Trinajstić information content (AvgIpc) is 3.43. The number of hydrogen-bond acceptors (Lipinski definition) is 8. The lowest BCUT2D eigenvalue weighted by Gasteiger charge is -2.33. The average molecular weight is 878 g/mol. The third-order valence-electron chi connectivity index (χ3n) is 9.92. The Bertz CT molecular complexity index is 1800. The van der Waals surface area contributed by atoms with E-state index in [1.54, 1.807) is 12.1 Å². The lowest BCUT2D eigenvalue weighted by atomic mass is 9.97. The number of hydrogen-bond donors (Lipinski definition) is 9. The lowest BCUT2D eigenvalue weighted by Crippen LogP contribution is -2.59. The SMILES string of the molecule is CC(C)C[C@H](NC(=O)N[C@H]1CCCCNC(=O)[C@H](Cc2c(Br)[nH]c3ccc(O)cc23)NC(=O)[C@H](CC(C)C)N(C)C(=O)[C@H](CC(C)C)NC(=O)[C@H](C)NC1=O)C(=O)O. The number of fused-ring (bicyclic) bond motifs is 1. The number of H-pyrrole nitrogens is 1. The van der Waals surface area contributed by atoms with Crippen LogP contribution in [0.5, 0.6) is 5.75 Å². The van der Waals surface area contributed by atoms with Crippen LogP contribution < -0.4 is 31.9 Å². The highest BCUT2D eigenvalue weighted by molar-refractivity contribution is 9.10. The first-order valence-electron chi connectivity index (χ1n) is 19.9. The maximum Gasteiger partial charge on any atom is 0.326 e. The van der Waals surface area contributed by atoms with Crippen molar-refractivity contribution in [2.45, 2.75) is 130 Å². The number of phenolic OH excluding ortho intramolecular Hbond substituents is 1. The second kappa shape index (κ2) is 21.8. The highest BCUT2D eigenvalue weighted by atomic mass is 79.9. The molecule has 1 aromatic heterocycles. The summed E-state index contributed by atoms with van der Waals surface area (Å²) in [5, 5.41) is 36.6. The Morgan fingerprint density at radius 2 is 1.53 bits per heavy atom. The van der Waals surface area contributed by atoms with Crippen molar-refractivity contribution in [3.05, 3.63) is 28.4 Å². The van der Waals surface area contributed by atoms with Gasteiger partial charge in [0.15, 0.2) is 0 Å². The Morgan fingerprint density at radius 3 is 2.16 bits per heavy atom. The van der Waals surface area contributed by atoms with Crippen LogP contribution in [0.3, 0.4) is 0 Å². The molecular formula is C40H61BrN8O9. The largest absolute Gasteiger partial charge is 0.508 e. The number of carboxylic acid groups (broad SMARTS) is 1. The fourth-order valence-electron chi connectivity index (χ4n) is 6.87. The number of aliphatic carboxylic acids is 1. The van der Waals surface area contributed by atoms with Crippen LogP contribution in [0.25, 0.3) is 10.9 Å². The van der Waals surface area contributed by atoms with Gasteiger partial charge in [0.1, 0.15) is 42.0 Å². The maximum atomic E-state index is 14.2. The van der Waals surface area contributed by atoms with Gasteiger partial charge in [0.25, 0.3) is 0 Å². The van der Waals surface area contributed by atoms with E-state index in [2.05, 4.69) is 52.8 Å². The molecule has 0 unspecified atom stereocenters. The van der Waals surface area contributed by atoms with E-state index in [1.165, 1.54) is 24.9 Å². The molecule has 322 valence electrons. The summed E-state index contributed by atoms with van der Waals surface area (Å²) in [6.07, 6.45) is 1.33. The van der Waals surface area contributed by atoms with E-state index < -0.39 is 77.8 Å². The molecule has 0 aliphatic carbocycles. The van der Waals surface area contributed by atoms with E-state index in [4.69, 9.17) is 0 Å². The Labute approximate surface area is 348 Å². The maximum absolute atomic E-state index is 14.2. The molecule has 2 aromatic rings. The number of aromatic hydroxyl groups is 1. The topological polar surface area (TPSA) is 251 Å². The minimum Gasteiger partial charge on any atom is -0.508 e. The van der Waals surface area contributed by atoms with Gasteiger partial charge < -0.3 is 52.0 Å². The van der Waals surface area contributed by atoms with Gasteiger partial charge in [-0.1, -0.05) is 41.5 Å². The fraction of sp³-hybridized carbons (Fsp3) is 0.625.